The number of nitrogens with zero attached hydrogens (tertiary/aromatic N) is 2. The van der Waals surface area contributed by atoms with E-state index in [1.165, 1.54) is 18.2 Å². The summed E-state index contributed by atoms with van der Waals surface area (Å²) >= 11 is 3.35. The first kappa shape index (κ1) is 12.6. The van der Waals surface area contributed by atoms with Crippen LogP contribution in [0.5, 0.6) is 0 Å². The van der Waals surface area contributed by atoms with Crippen LogP contribution in [0.15, 0.2) is 51.4 Å². The molecule has 0 aliphatic rings. The fourth-order valence-electron chi connectivity index (χ4n) is 1.74. The van der Waals surface area contributed by atoms with E-state index in [9.17, 15) is 10.1 Å². The minimum Gasteiger partial charge on any atom is -0.423 e. The normalized spacial score (nSPS) is 10.7. The van der Waals surface area contributed by atoms with E-state index >= 15 is 0 Å². The number of hydrogen-bond donors (Lipinski definition) is 1. The molecule has 0 unspecified atom stereocenters. The highest BCUT2D eigenvalue weighted by Crippen LogP contribution is 2.25. The molecule has 100 valence electrons. The summed E-state index contributed by atoms with van der Waals surface area (Å²) in [5.74, 6) is 0. The van der Waals surface area contributed by atoms with Gasteiger partial charge in [0.2, 0.25) is 0 Å². The number of anilines is 2. The maximum absolute atomic E-state index is 10.7. The van der Waals surface area contributed by atoms with Crippen molar-refractivity contribution in [3.8, 4) is 0 Å². The number of nitro groups is 1. The first-order chi connectivity index (χ1) is 9.61. The molecule has 0 atom stereocenters. The van der Waals surface area contributed by atoms with Crippen LogP contribution in [0.25, 0.3) is 11.1 Å². The third-order valence-corrected chi connectivity index (χ3v) is 3.21. The third kappa shape index (κ3) is 2.48. The summed E-state index contributed by atoms with van der Waals surface area (Å²) in [5, 5.41) is 13.7. The van der Waals surface area contributed by atoms with Gasteiger partial charge in [0, 0.05) is 22.3 Å². The molecule has 0 aliphatic carbocycles. The van der Waals surface area contributed by atoms with Gasteiger partial charge in [-0.25, -0.2) is 0 Å². The molecule has 7 heteroatoms. The van der Waals surface area contributed by atoms with Crippen molar-refractivity contribution in [3.63, 3.8) is 0 Å². The largest absolute Gasteiger partial charge is 0.423 e. The molecule has 1 aromatic heterocycles. The van der Waals surface area contributed by atoms with E-state index in [1.54, 1.807) is 0 Å². The Morgan fingerprint density at radius 1 is 1.20 bits per heavy atom. The fraction of sp³-hybridized carbons (Fsp3) is 0. The standard InChI is InChI=1S/C13H8BrN3O3/c14-8-1-3-9(4-2-8)15-13-16-11-7-10(17(18)19)5-6-12(11)20-13/h1-7H,(H,15,16). The monoisotopic (exact) mass is 333 g/mol. The summed E-state index contributed by atoms with van der Waals surface area (Å²) in [6.07, 6.45) is 0. The van der Waals surface area contributed by atoms with Crippen LogP contribution in [-0.4, -0.2) is 9.91 Å². The Kier molecular flexibility index (Phi) is 3.11. The van der Waals surface area contributed by atoms with Crippen LogP contribution in [0.4, 0.5) is 17.4 Å². The quantitative estimate of drug-likeness (QED) is 0.572. The van der Waals surface area contributed by atoms with Gasteiger partial charge >= 0.3 is 0 Å². The predicted molar refractivity (Wildman–Crippen MR) is 78.1 cm³/mol. The Balaban J connectivity index is 1.92. The van der Waals surface area contributed by atoms with Crippen molar-refractivity contribution in [2.75, 3.05) is 5.32 Å². The van der Waals surface area contributed by atoms with E-state index in [1.807, 2.05) is 24.3 Å². The number of aromatic nitrogens is 1. The molecule has 3 rings (SSSR count). The first-order valence-electron chi connectivity index (χ1n) is 5.69. The van der Waals surface area contributed by atoms with Crippen molar-refractivity contribution in [2.24, 2.45) is 0 Å². The highest BCUT2D eigenvalue weighted by atomic mass is 79.9. The molecule has 0 spiro atoms. The zero-order valence-electron chi connectivity index (χ0n) is 10.0. The number of oxazole rings is 1. The van der Waals surface area contributed by atoms with Gasteiger partial charge in [-0.05, 0) is 30.3 Å². The zero-order valence-corrected chi connectivity index (χ0v) is 11.6. The SMILES string of the molecule is O=[N+]([O-])c1ccc2oc(Nc3ccc(Br)cc3)nc2c1. The van der Waals surface area contributed by atoms with Crippen LogP contribution in [-0.2, 0) is 0 Å². The molecule has 6 nitrogen and oxygen atoms in total. The Bertz CT molecular complexity index is 783. The highest BCUT2D eigenvalue weighted by Gasteiger charge is 2.11. The number of non-ortho nitro benzene ring substituents is 1. The van der Waals surface area contributed by atoms with E-state index < -0.39 is 4.92 Å². The Morgan fingerprint density at radius 3 is 2.65 bits per heavy atom. The van der Waals surface area contributed by atoms with Gasteiger partial charge in [-0.15, -0.1) is 0 Å². The second-order valence-corrected chi connectivity index (χ2v) is 4.98. The molecule has 0 saturated carbocycles. The van der Waals surface area contributed by atoms with E-state index in [4.69, 9.17) is 4.42 Å². The lowest BCUT2D eigenvalue weighted by Gasteiger charge is -2.00. The zero-order chi connectivity index (χ0) is 14.1. The van der Waals surface area contributed by atoms with Gasteiger partial charge in [-0.1, -0.05) is 15.9 Å². The lowest BCUT2D eigenvalue weighted by atomic mass is 10.3. The lowest BCUT2D eigenvalue weighted by molar-refractivity contribution is -0.384. The number of hydrogen-bond acceptors (Lipinski definition) is 5. The van der Waals surface area contributed by atoms with Crippen molar-refractivity contribution >= 4 is 44.4 Å². The molecular formula is C13H8BrN3O3. The molecule has 20 heavy (non-hydrogen) atoms. The van der Waals surface area contributed by atoms with E-state index in [0.717, 1.165) is 10.2 Å². The molecule has 0 fully saturated rings. The fourth-order valence-corrected chi connectivity index (χ4v) is 2.00. The van der Waals surface area contributed by atoms with Crippen molar-refractivity contribution in [1.82, 2.24) is 4.98 Å². The van der Waals surface area contributed by atoms with Crippen LogP contribution >= 0.6 is 15.9 Å². The molecule has 3 aromatic rings. The highest BCUT2D eigenvalue weighted by molar-refractivity contribution is 9.10. The summed E-state index contributed by atoms with van der Waals surface area (Å²) in [6, 6.07) is 12.1. The maximum atomic E-state index is 10.7. The number of halogens is 1. The van der Waals surface area contributed by atoms with E-state index in [-0.39, 0.29) is 5.69 Å². The van der Waals surface area contributed by atoms with E-state index in [2.05, 4.69) is 26.2 Å². The first-order valence-corrected chi connectivity index (χ1v) is 6.49. The van der Waals surface area contributed by atoms with Crippen molar-refractivity contribution in [3.05, 3.63) is 57.1 Å². The Hall–Kier alpha value is -2.41. The molecule has 0 amide bonds. The van der Waals surface area contributed by atoms with Gasteiger partial charge in [0.15, 0.2) is 5.58 Å². The van der Waals surface area contributed by atoms with Gasteiger partial charge < -0.3 is 9.73 Å². The van der Waals surface area contributed by atoms with Gasteiger partial charge in [0.25, 0.3) is 11.7 Å². The van der Waals surface area contributed by atoms with Crippen molar-refractivity contribution in [1.29, 1.82) is 0 Å². The molecular weight excluding hydrogens is 326 g/mol. The number of nitro benzene ring substituents is 1. The second kappa shape index (κ2) is 4.93. The van der Waals surface area contributed by atoms with Crippen molar-refractivity contribution < 1.29 is 9.34 Å². The van der Waals surface area contributed by atoms with Gasteiger partial charge in [0.1, 0.15) is 5.52 Å². The summed E-state index contributed by atoms with van der Waals surface area (Å²) in [5.41, 5.74) is 1.74. The molecule has 0 saturated heterocycles. The number of nitrogens with one attached hydrogen (secondary N) is 1. The molecule has 1 heterocycles. The average molecular weight is 334 g/mol. The third-order valence-electron chi connectivity index (χ3n) is 2.68. The maximum Gasteiger partial charge on any atom is 0.300 e. The molecule has 0 radical (unpaired) electrons. The van der Waals surface area contributed by atoms with Crippen LogP contribution in [0.1, 0.15) is 0 Å². The summed E-state index contributed by atoms with van der Waals surface area (Å²) in [7, 11) is 0. The smallest absolute Gasteiger partial charge is 0.300 e. The molecule has 2 aromatic carbocycles. The summed E-state index contributed by atoms with van der Waals surface area (Å²) < 4.78 is 6.45. The van der Waals surface area contributed by atoms with Crippen LogP contribution in [0.3, 0.4) is 0 Å². The molecule has 1 N–H and O–H groups in total. The van der Waals surface area contributed by atoms with Gasteiger partial charge in [0.05, 0.1) is 4.92 Å². The minimum atomic E-state index is -0.462. The Morgan fingerprint density at radius 2 is 1.95 bits per heavy atom. The summed E-state index contributed by atoms with van der Waals surface area (Å²) in [6.45, 7) is 0. The van der Waals surface area contributed by atoms with Crippen molar-refractivity contribution in [2.45, 2.75) is 0 Å². The topological polar surface area (TPSA) is 81.2 Å². The molecule has 0 aliphatic heterocycles. The van der Waals surface area contributed by atoms with Gasteiger partial charge in [-0.2, -0.15) is 4.98 Å². The lowest BCUT2D eigenvalue weighted by Crippen LogP contribution is -1.89. The second-order valence-electron chi connectivity index (χ2n) is 4.06. The molecule has 0 bridgehead atoms. The number of fused-ring (bicyclic) bond motifs is 1. The van der Waals surface area contributed by atoms with Gasteiger partial charge in [-0.3, -0.25) is 10.1 Å². The summed E-state index contributed by atoms with van der Waals surface area (Å²) in [4.78, 5) is 14.4. The average Bonchev–Trinajstić information content (AvgIpc) is 2.82. The number of benzene rings is 2. The predicted octanol–water partition coefficient (Wildman–Crippen LogP) is 4.24. The number of rotatable bonds is 3. The van der Waals surface area contributed by atoms with E-state index in [0.29, 0.717) is 17.1 Å². The minimum absolute atomic E-state index is 0.0130. The van der Waals surface area contributed by atoms with Crippen LogP contribution < -0.4 is 5.32 Å². The van der Waals surface area contributed by atoms with Crippen LogP contribution in [0.2, 0.25) is 0 Å². The Labute approximate surface area is 121 Å². The van der Waals surface area contributed by atoms with Crippen LogP contribution in [0, 0.1) is 10.1 Å².